The molecule has 16 heavy (non-hydrogen) atoms. The zero-order valence-corrected chi connectivity index (χ0v) is 10.9. The molecule has 0 fully saturated rings. The number of nitrogens with zero attached hydrogens (tertiary/aromatic N) is 1. The number of rotatable bonds is 5. The molecule has 1 unspecified atom stereocenters. The number of hydrogen-bond acceptors (Lipinski definition) is 2. The lowest BCUT2D eigenvalue weighted by molar-refractivity contribution is 0.166. The van der Waals surface area contributed by atoms with Crippen molar-refractivity contribution in [2.75, 3.05) is 13.1 Å². The Morgan fingerprint density at radius 3 is 2.44 bits per heavy atom. The summed E-state index contributed by atoms with van der Waals surface area (Å²) in [5.41, 5.74) is 8.56. The van der Waals surface area contributed by atoms with Crippen LogP contribution in [-0.4, -0.2) is 24.0 Å². The fourth-order valence-electron chi connectivity index (χ4n) is 2.29. The first-order chi connectivity index (χ1) is 7.60. The Balaban J connectivity index is 2.96. The van der Waals surface area contributed by atoms with E-state index in [9.17, 15) is 0 Å². The minimum Gasteiger partial charge on any atom is -0.329 e. The van der Waals surface area contributed by atoms with Gasteiger partial charge in [0.15, 0.2) is 0 Å². The Morgan fingerprint density at radius 2 is 2.00 bits per heavy atom. The summed E-state index contributed by atoms with van der Waals surface area (Å²) in [7, 11) is 0. The van der Waals surface area contributed by atoms with Gasteiger partial charge in [-0.1, -0.05) is 36.8 Å². The maximum Gasteiger partial charge on any atom is 0.0473 e. The molecule has 0 aliphatic carbocycles. The zero-order chi connectivity index (χ0) is 12.1. The summed E-state index contributed by atoms with van der Waals surface area (Å²) < 4.78 is 0. The second-order valence-electron chi connectivity index (χ2n) is 4.59. The van der Waals surface area contributed by atoms with Crippen molar-refractivity contribution in [3.8, 4) is 0 Å². The second kappa shape index (κ2) is 6.02. The predicted octanol–water partition coefficient (Wildman–Crippen LogP) is 2.73. The SMILES string of the molecule is CCN(C(C)C)C(CN)c1cccc(C)c1. The Morgan fingerprint density at radius 1 is 1.31 bits per heavy atom. The van der Waals surface area contributed by atoms with E-state index >= 15 is 0 Å². The van der Waals surface area contributed by atoms with Crippen LogP contribution in [0.15, 0.2) is 24.3 Å². The lowest BCUT2D eigenvalue weighted by atomic mass is 10.0. The van der Waals surface area contributed by atoms with Crippen molar-refractivity contribution in [3.63, 3.8) is 0 Å². The molecule has 1 aromatic carbocycles. The normalized spacial score (nSPS) is 13.4. The fraction of sp³-hybridized carbons (Fsp3) is 0.571. The van der Waals surface area contributed by atoms with Crippen molar-refractivity contribution in [1.29, 1.82) is 0 Å². The van der Waals surface area contributed by atoms with Gasteiger partial charge in [0.1, 0.15) is 0 Å². The van der Waals surface area contributed by atoms with Gasteiger partial charge in [-0.3, -0.25) is 4.90 Å². The second-order valence-corrected chi connectivity index (χ2v) is 4.59. The highest BCUT2D eigenvalue weighted by Crippen LogP contribution is 2.22. The molecule has 0 aromatic heterocycles. The number of likely N-dealkylation sites (N-methyl/N-ethyl adjacent to an activating group) is 1. The molecule has 0 saturated carbocycles. The van der Waals surface area contributed by atoms with Crippen molar-refractivity contribution in [1.82, 2.24) is 4.90 Å². The largest absolute Gasteiger partial charge is 0.329 e. The summed E-state index contributed by atoms with van der Waals surface area (Å²) in [6.07, 6.45) is 0. The van der Waals surface area contributed by atoms with Gasteiger partial charge in [-0.25, -0.2) is 0 Å². The number of hydrogen-bond donors (Lipinski definition) is 1. The van der Waals surface area contributed by atoms with E-state index in [2.05, 4.69) is 56.9 Å². The maximum atomic E-state index is 5.93. The van der Waals surface area contributed by atoms with Gasteiger partial charge >= 0.3 is 0 Å². The predicted molar refractivity (Wildman–Crippen MR) is 70.5 cm³/mol. The minimum absolute atomic E-state index is 0.338. The molecule has 1 atom stereocenters. The van der Waals surface area contributed by atoms with Crippen LogP contribution >= 0.6 is 0 Å². The van der Waals surface area contributed by atoms with Crippen LogP contribution in [0.2, 0.25) is 0 Å². The molecule has 0 radical (unpaired) electrons. The number of benzene rings is 1. The molecule has 1 aromatic rings. The van der Waals surface area contributed by atoms with Gasteiger partial charge in [-0.05, 0) is 32.9 Å². The molecule has 0 bridgehead atoms. The Kier molecular flexibility index (Phi) is 4.97. The number of aryl methyl sites for hydroxylation is 1. The van der Waals surface area contributed by atoms with Gasteiger partial charge in [0.05, 0.1) is 0 Å². The Labute approximate surface area is 99.5 Å². The van der Waals surface area contributed by atoms with Crippen molar-refractivity contribution >= 4 is 0 Å². The Bertz CT molecular complexity index is 320. The van der Waals surface area contributed by atoms with E-state index in [0.29, 0.717) is 18.6 Å². The molecule has 0 aliphatic heterocycles. The molecular weight excluding hydrogens is 196 g/mol. The van der Waals surface area contributed by atoms with Crippen molar-refractivity contribution < 1.29 is 0 Å². The van der Waals surface area contributed by atoms with Crippen LogP contribution in [0.1, 0.15) is 37.9 Å². The molecule has 0 spiro atoms. The molecule has 2 N–H and O–H groups in total. The van der Waals surface area contributed by atoms with E-state index in [1.165, 1.54) is 11.1 Å². The molecule has 0 heterocycles. The lowest BCUT2D eigenvalue weighted by Crippen LogP contribution is -2.38. The van der Waals surface area contributed by atoms with Crippen LogP contribution in [0.25, 0.3) is 0 Å². The molecular formula is C14H24N2. The van der Waals surface area contributed by atoms with Crippen molar-refractivity contribution in [2.45, 2.75) is 39.8 Å². The van der Waals surface area contributed by atoms with E-state index in [4.69, 9.17) is 5.73 Å². The van der Waals surface area contributed by atoms with E-state index in [-0.39, 0.29) is 0 Å². The van der Waals surface area contributed by atoms with Crippen LogP contribution in [-0.2, 0) is 0 Å². The van der Waals surface area contributed by atoms with Gasteiger partial charge in [0, 0.05) is 18.6 Å². The summed E-state index contributed by atoms with van der Waals surface area (Å²) in [5, 5.41) is 0. The molecule has 0 saturated heterocycles. The van der Waals surface area contributed by atoms with Crippen molar-refractivity contribution in [3.05, 3.63) is 35.4 Å². The zero-order valence-electron chi connectivity index (χ0n) is 10.9. The lowest BCUT2D eigenvalue weighted by Gasteiger charge is -2.33. The van der Waals surface area contributed by atoms with Gasteiger partial charge in [-0.2, -0.15) is 0 Å². The van der Waals surface area contributed by atoms with Crippen LogP contribution < -0.4 is 5.73 Å². The summed E-state index contributed by atoms with van der Waals surface area (Å²) >= 11 is 0. The van der Waals surface area contributed by atoms with Crippen LogP contribution in [0.4, 0.5) is 0 Å². The topological polar surface area (TPSA) is 29.3 Å². The first-order valence-electron chi connectivity index (χ1n) is 6.12. The highest BCUT2D eigenvalue weighted by Gasteiger charge is 2.19. The summed E-state index contributed by atoms with van der Waals surface area (Å²) in [4.78, 5) is 2.44. The van der Waals surface area contributed by atoms with Crippen molar-refractivity contribution in [2.24, 2.45) is 5.73 Å². The minimum atomic E-state index is 0.338. The molecule has 0 amide bonds. The summed E-state index contributed by atoms with van der Waals surface area (Å²) in [6.45, 7) is 10.5. The highest BCUT2D eigenvalue weighted by molar-refractivity contribution is 5.25. The summed E-state index contributed by atoms with van der Waals surface area (Å²) in [5.74, 6) is 0. The fourth-order valence-corrected chi connectivity index (χ4v) is 2.29. The summed E-state index contributed by atoms with van der Waals surface area (Å²) in [6, 6.07) is 9.52. The van der Waals surface area contributed by atoms with E-state index in [1.807, 2.05) is 0 Å². The third-order valence-corrected chi connectivity index (χ3v) is 3.08. The van der Waals surface area contributed by atoms with Crippen LogP contribution in [0, 0.1) is 6.92 Å². The first-order valence-corrected chi connectivity index (χ1v) is 6.12. The van der Waals surface area contributed by atoms with Gasteiger partial charge in [0.25, 0.3) is 0 Å². The quantitative estimate of drug-likeness (QED) is 0.826. The Hall–Kier alpha value is -0.860. The molecule has 1 rings (SSSR count). The van der Waals surface area contributed by atoms with Gasteiger partial charge in [0.2, 0.25) is 0 Å². The molecule has 0 aliphatic rings. The van der Waals surface area contributed by atoms with E-state index in [1.54, 1.807) is 0 Å². The average Bonchev–Trinajstić information content (AvgIpc) is 2.25. The first kappa shape index (κ1) is 13.2. The molecule has 90 valence electrons. The number of nitrogens with two attached hydrogens (primary N) is 1. The molecule has 2 heteroatoms. The average molecular weight is 220 g/mol. The smallest absolute Gasteiger partial charge is 0.0473 e. The third kappa shape index (κ3) is 3.06. The van der Waals surface area contributed by atoms with Crippen LogP contribution in [0.5, 0.6) is 0 Å². The van der Waals surface area contributed by atoms with Gasteiger partial charge < -0.3 is 5.73 Å². The van der Waals surface area contributed by atoms with Crippen LogP contribution in [0.3, 0.4) is 0 Å². The maximum absolute atomic E-state index is 5.93. The van der Waals surface area contributed by atoms with Gasteiger partial charge in [-0.15, -0.1) is 0 Å². The standard InChI is InChI=1S/C14H24N2/c1-5-16(11(2)3)14(10-15)13-8-6-7-12(4)9-13/h6-9,11,14H,5,10,15H2,1-4H3. The van der Waals surface area contributed by atoms with E-state index in [0.717, 1.165) is 6.54 Å². The molecule has 2 nitrogen and oxygen atoms in total. The monoisotopic (exact) mass is 220 g/mol. The highest BCUT2D eigenvalue weighted by atomic mass is 15.2. The van der Waals surface area contributed by atoms with E-state index < -0.39 is 0 Å². The third-order valence-electron chi connectivity index (χ3n) is 3.08.